The summed E-state index contributed by atoms with van der Waals surface area (Å²) in [4.78, 5) is 2.13. The van der Waals surface area contributed by atoms with E-state index in [0.717, 1.165) is 66.6 Å². The van der Waals surface area contributed by atoms with Crippen LogP contribution in [0.1, 0.15) is 149 Å². The zero-order valence-electron chi connectivity index (χ0n) is 48.1. The van der Waals surface area contributed by atoms with Gasteiger partial charge in [-0.25, -0.2) is 16.8 Å². The van der Waals surface area contributed by atoms with Crippen LogP contribution >= 0.6 is 0 Å². The molecule has 0 saturated carbocycles. The molecule has 0 amide bonds. The molecular weight excluding hydrogens is 1010 g/mol. The molecule has 0 spiro atoms. The Morgan fingerprint density at radius 3 is 1.79 bits per heavy atom. The van der Waals surface area contributed by atoms with Gasteiger partial charge in [-0.15, -0.1) is 0 Å². The van der Waals surface area contributed by atoms with E-state index in [1.807, 2.05) is 48.5 Å². The standard InChI is InChI=1S/C49H54N2O8S2.C16H36N/c1-48(2)44(50(28-12-32-60(53,54)55)42-24-20-36-14-5-7-18-40(36)46(42)48)26-22-35(38-16-11-17-39(34-38)59-31-10-9-30-52)23-27-45-49(3,4)47-41-19-8-6-15-37(41)21-25-43(47)51(45)29-13-33-61(56,57)58;1-5-9-13-17(14-10-6-2,15-11-7-3)16-12-8-4/h5-8,11,14-27,34,52H,9-10,12-13,28-33H2,1-4H3,(H-,53,54,55,56,57,58);5-16H2,1-4H3/q;+1/p-1. The monoisotopic (exact) mass is 1100 g/mol. The van der Waals surface area contributed by atoms with Crippen molar-refractivity contribution in [3.63, 3.8) is 0 Å². The van der Waals surface area contributed by atoms with Crippen molar-refractivity contribution in [2.75, 3.05) is 68.9 Å². The number of aliphatic hydroxyl groups is 1. The molecule has 0 radical (unpaired) electrons. The molecule has 11 nitrogen and oxygen atoms in total. The van der Waals surface area contributed by atoms with Crippen molar-refractivity contribution in [3.05, 3.63) is 144 Å². The van der Waals surface area contributed by atoms with Gasteiger partial charge in [0.25, 0.3) is 0 Å². The first-order valence-electron chi connectivity index (χ1n) is 28.9. The number of fused-ring (bicyclic) bond motifs is 6. The molecule has 0 saturated heterocycles. The zero-order chi connectivity index (χ0) is 56.6. The molecule has 5 aromatic carbocycles. The highest BCUT2D eigenvalue weighted by Gasteiger charge is 2.46. The van der Waals surface area contributed by atoms with Crippen molar-refractivity contribution >= 4 is 64.4 Å². The molecule has 1 N–H and O–H groups in total. The van der Waals surface area contributed by atoms with Crippen molar-refractivity contribution in [1.82, 2.24) is 0 Å². The number of anilines is 1. The van der Waals surface area contributed by atoms with Gasteiger partial charge in [0.05, 0.1) is 58.4 Å². The van der Waals surface area contributed by atoms with Crippen LogP contribution in [0.3, 0.4) is 0 Å². The lowest BCUT2D eigenvalue weighted by molar-refractivity contribution is -0.929. The van der Waals surface area contributed by atoms with Crippen LogP contribution in [-0.2, 0) is 31.1 Å². The van der Waals surface area contributed by atoms with Crippen molar-refractivity contribution in [3.8, 4) is 5.75 Å². The normalized spacial score (nSPS) is 15.9. The van der Waals surface area contributed by atoms with Gasteiger partial charge in [-0.3, -0.25) is 0 Å². The SMILES string of the molecule is CC1(C)C(=CC=C(C=CC2=[N+](CCCS(=O)(=O)[O-])c3ccc4ccccc4c3C2(C)C)c2cccc(OCCCCO)c2)N(CCCS(=O)(=O)[O-])c2ccc3ccccc3c21.CCCC[N+](CCCC)(CCCC)CCCC. The number of unbranched alkanes of at least 4 members (excludes halogenated alkanes) is 5. The first-order valence-corrected chi connectivity index (χ1v) is 32.0. The molecule has 7 rings (SSSR count). The van der Waals surface area contributed by atoms with Crippen molar-refractivity contribution in [2.24, 2.45) is 0 Å². The minimum atomic E-state index is -4.42. The fourth-order valence-corrected chi connectivity index (χ4v) is 12.7. The van der Waals surface area contributed by atoms with Crippen LogP contribution in [0.15, 0.2) is 127 Å². The Hall–Kier alpha value is -5.15. The lowest BCUT2D eigenvalue weighted by Gasteiger charge is -2.39. The predicted molar refractivity (Wildman–Crippen MR) is 322 cm³/mol. The fourth-order valence-electron chi connectivity index (χ4n) is 11.8. The number of hydrogen-bond acceptors (Lipinski definition) is 9. The van der Waals surface area contributed by atoms with Gasteiger partial charge in [0.1, 0.15) is 12.3 Å². The number of ether oxygens (including phenoxy) is 1. The van der Waals surface area contributed by atoms with E-state index in [-0.39, 0.29) is 19.4 Å². The molecule has 2 aliphatic heterocycles. The van der Waals surface area contributed by atoms with Crippen LogP contribution in [0.2, 0.25) is 0 Å². The third-order valence-electron chi connectivity index (χ3n) is 15.8. The van der Waals surface area contributed by atoms with Gasteiger partial charge in [-0.05, 0) is 133 Å². The minimum absolute atomic E-state index is 0.0913. The van der Waals surface area contributed by atoms with Gasteiger partial charge < -0.3 is 28.3 Å². The van der Waals surface area contributed by atoms with Crippen LogP contribution in [0.5, 0.6) is 5.75 Å². The Kier molecular flexibility index (Phi) is 22.5. The van der Waals surface area contributed by atoms with E-state index in [9.17, 15) is 31.0 Å². The maximum Gasteiger partial charge on any atom is 0.210 e. The third kappa shape index (κ3) is 16.0. The van der Waals surface area contributed by atoms with E-state index < -0.39 is 42.6 Å². The summed E-state index contributed by atoms with van der Waals surface area (Å²) in [7, 11) is -8.84. The summed E-state index contributed by atoms with van der Waals surface area (Å²) >= 11 is 0. The first kappa shape index (κ1) is 62.1. The van der Waals surface area contributed by atoms with Crippen molar-refractivity contribution < 1.29 is 44.8 Å². The van der Waals surface area contributed by atoms with Gasteiger partial charge in [-0.1, -0.05) is 140 Å². The van der Waals surface area contributed by atoms with E-state index in [1.165, 1.54) is 82.0 Å². The largest absolute Gasteiger partial charge is 0.748 e. The van der Waals surface area contributed by atoms with Crippen LogP contribution in [0.25, 0.3) is 27.1 Å². The Morgan fingerprint density at radius 1 is 0.654 bits per heavy atom. The molecule has 2 heterocycles. The van der Waals surface area contributed by atoms with Gasteiger partial charge in [-0.2, -0.15) is 4.58 Å². The highest BCUT2D eigenvalue weighted by molar-refractivity contribution is 7.85. The summed E-state index contributed by atoms with van der Waals surface area (Å²) in [6, 6.07) is 32.5. The lowest BCUT2D eigenvalue weighted by atomic mass is 9.79. The Morgan fingerprint density at radius 2 is 1.22 bits per heavy atom. The van der Waals surface area contributed by atoms with Crippen molar-refractivity contribution in [1.29, 1.82) is 0 Å². The average molecular weight is 1100 g/mol. The van der Waals surface area contributed by atoms with Crippen LogP contribution < -0.4 is 9.64 Å². The summed E-state index contributed by atoms with van der Waals surface area (Å²) in [5.41, 5.74) is 6.74. The number of quaternary nitrogens is 1. The first-order chi connectivity index (χ1) is 37.2. The van der Waals surface area contributed by atoms with Crippen LogP contribution in [0, 0.1) is 0 Å². The molecule has 0 fully saturated rings. The van der Waals surface area contributed by atoms with E-state index in [2.05, 4.69) is 138 Å². The molecule has 0 atom stereocenters. The van der Waals surface area contributed by atoms with Gasteiger partial charge in [0, 0.05) is 65.6 Å². The molecule has 0 aromatic heterocycles. The Labute approximate surface area is 468 Å². The molecule has 78 heavy (non-hydrogen) atoms. The maximum absolute atomic E-state index is 11.7. The van der Waals surface area contributed by atoms with Gasteiger partial charge >= 0.3 is 0 Å². The summed E-state index contributed by atoms with van der Waals surface area (Å²) in [6.45, 7) is 24.9. The lowest BCUT2D eigenvalue weighted by Crippen LogP contribution is -2.50. The Balaban J connectivity index is 0.000000498. The second kappa shape index (κ2) is 28.3. The quantitative estimate of drug-likeness (QED) is 0.0162. The summed E-state index contributed by atoms with van der Waals surface area (Å²) in [6.07, 6.45) is 21.0. The number of allylic oxidation sites excluding steroid dienone is 6. The molecule has 0 bridgehead atoms. The molecule has 13 heteroatoms. The summed E-state index contributed by atoms with van der Waals surface area (Å²) < 4.78 is 80.2. The number of aliphatic hydroxyl groups excluding tert-OH is 1. The molecular formula is C65H89N3O8S2. The second-order valence-electron chi connectivity index (χ2n) is 22.5. The highest BCUT2D eigenvalue weighted by atomic mass is 32.2. The highest BCUT2D eigenvalue weighted by Crippen LogP contribution is 2.51. The maximum atomic E-state index is 11.7. The number of nitrogens with zero attached hydrogens (tertiary/aromatic N) is 3. The summed E-state index contributed by atoms with van der Waals surface area (Å²) in [5.74, 6) is -0.271. The predicted octanol–water partition coefficient (Wildman–Crippen LogP) is 13.7. The minimum Gasteiger partial charge on any atom is -0.748 e. The van der Waals surface area contributed by atoms with Crippen LogP contribution in [0.4, 0.5) is 11.4 Å². The van der Waals surface area contributed by atoms with E-state index in [0.29, 0.717) is 38.3 Å². The third-order valence-corrected chi connectivity index (χ3v) is 17.4. The molecule has 0 aliphatic carbocycles. The number of hydrogen-bond donors (Lipinski definition) is 1. The van der Waals surface area contributed by atoms with Crippen molar-refractivity contribution in [2.45, 2.75) is 143 Å². The Bertz CT molecular complexity index is 3120. The summed E-state index contributed by atoms with van der Waals surface area (Å²) in [5, 5.41) is 13.7. The number of benzene rings is 5. The molecule has 2 aliphatic rings. The second-order valence-corrected chi connectivity index (χ2v) is 25.5. The van der Waals surface area contributed by atoms with E-state index >= 15 is 0 Å². The average Bonchev–Trinajstić information content (AvgIpc) is 4.00. The van der Waals surface area contributed by atoms with E-state index in [1.54, 1.807) is 0 Å². The molecule has 0 unspecified atom stereocenters. The van der Waals surface area contributed by atoms with Gasteiger partial charge in [0.15, 0.2) is 5.71 Å². The van der Waals surface area contributed by atoms with Gasteiger partial charge in [0.2, 0.25) is 5.69 Å². The van der Waals surface area contributed by atoms with E-state index in [4.69, 9.17) is 4.74 Å². The fraction of sp³-hybridized carbons (Fsp3) is 0.492. The number of rotatable bonds is 29. The molecule has 424 valence electrons. The van der Waals surface area contributed by atoms with Crippen LogP contribution in [-0.4, -0.2) is 110 Å². The zero-order valence-corrected chi connectivity index (χ0v) is 49.7. The topological polar surface area (TPSA) is 150 Å². The smallest absolute Gasteiger partial charge is 0.210 e. The molecule has 5 aromatic rings.